The number of rotatable bonds is 7. The number of carbonyl (C=O) groups is 1. The quantitative estimate of drug-likeness (QED) is 0.727. The Bertz CT molecular complexity index is 515. The maximum absolute atomic E-state index is 10.9. The van der Waals surface area contributed by atoms with E-state index >= 15 is 0 Å². The Kier molecular flexibility index (Phi) is 5.49. The molecule has 0 spiro atoms. The molecule has 1 unspecified atom stereocenters. The van der Waals surface area contributed by atoms with Crippen molar-refractivity contribution in [3.63, 3.8) is 0 Å². The minimum atomic E-state index is -1.22. The van der Waals surface area contributed by atoms with Gasteiger partial charge in [-0.1, -0.05) is 60.7 Å². The monoisotopic (exact) mass is 284 g/mol. The molecule has 0 amide bonds. The van der Waals surface area contributed by atoms with Crippen molar-refractivity contribution in [2.24, 2.45) is 0 Å². The molecular weight excluding hydrogens is 266 g/mol. The Hall–Kier alpha value is -2.17. The summed E-state index contributed by atoms with van der Waals surface area (Å²) in [5.41, 5.74) is 2.11. The van der Waals surface area contributed by atoms with Crippen LogP contribution in [0.5, 0.6) is 0 Å². The number of carboxylic acids is 1. The molecule has 4 heteroatoms. The first-order valence-electron chi connectivity index (χ1n) is 6.85. The van der Waals surface area contributed by atoms with Crippen LogP contribution in [0, 0.1) is 0 Å². The molecule has 2 rings (SSSR count). The molecule has 0 radical (unpaired) electrons. The molecule has 0 saturated heterocycles. The topological polar surface area (TPSA) is 52.6 Å². The lowest BCUT2D eigenvalue weighted by atomic mass is 10.2. The van der Waals surface area contributed by atoms with Crippen LogP contribution >= 0.6 is 0 Å². The third kappa shape index (κ3) is 5.02. The highest BCUT2D eigenvalue weighted by molar-refractivity contribution is 5.69. The van der Waals surface area contributed by atoms with Crippen molar-refractivity contribution in [3.05, 3.63) is 71.8 Å². The first-order valence-corrected chi connectivity index (χ1v) is 6.85. The summed E-state index contributed by atoms with van der Waals surface area (Å²) < 4.78 is 0. The van der Waals surface area contributed by atoms with Gasteiger partial charge in [-0.05, 0) is 18.1 Å². The molecule has 0 heterocycles. The summed E-state index contributed by atoms with van der Waals surface area (Å²) in [6, 6.07) is 19.6. The fourth-order valence-corrected chi connectivity index (χ4v) is 1.97. The van der Waals surface area contributed by atoms with Crippen LogP contribution in [0.15, 0.2) is 60.7 Å². The summed E-state index contributed by atoms with van der Waals surface area (Å²) in [7, 11) is 0. The van der Waals surface area contributed by atoms with Crippen LogP contribution in [0.25, 0.3) is 0 Å². The number of hydrogen-bond acceptors (Lipinski definition) is 4. The number of benzene rings is 2. The van der Waals surface area contributed by atoms with Crippen LogP contribution in [0.2, 0.25) is 0 Å². The lowest BCUT2D eigenvalue weighted by Gasteiger charge is -2.26. The minimum absolute atomic E-state index is 0.507. The summed E-state index contributed by atoms with van der Waals surface area (Å²) in [4.78, 5) is 16.4. The Balaban J connectivity index is 2.08. The molecule has 2 aromatic rings. The van der Waals surface area contributed by atoms with Crippen LogP contribution in [0.1, 0.15) is 18.1 Å². The lowest BCUT2D eigenvalue weighted by molar-refractivity contribution is -0.329. The van der Waals surface area contributed by atoms with E-state index in [9.17, 15) is 9.90 Å². The van der Waals surface area contributed by atoms with Crippen LogP contribution in [0.3, 0.4) is 0 Å². The average Bonchev–Trinajstić information content (AvgIpc) is 2.49. The van der Waals surface area contributed by atoms with Gasteiger partial charge in [-0.15, -0.1) is 0 Å². The van der Waals surface area contributed by atoms with Crippen molar-refractivity contribution >= 4 is 5.97 Å². The molecule has 0 aliphatic heterocycles. The normalized spacial score (nSPS) is 12.3. The van der Waals surface area contributed by atoms with Gasteiger partial charge >= 0.3 is 0 Å². The highest BCUT2D eigenvalue weighted by Crippen LogP contribution is 2.12. The standard InChI is InChI=1S/C17H19NO3/c1-14(17(19)20)21-18(12-15-8-4-2-5-9-15)13-16-10-6-3-7-11-16/h2-11,14H,12-13H2,1H3,(H,19,20)/p-1. The summed E-state index contributed by atoms with van der Waals surface area (Å²) in [5, 5.41) is 12.5. The van der Waals surface area contributed by atoms with E-state index in [1.54, 1.807) is 5.06 Å². The molecule has 0 aromatic heterocycles. The molecule has 0 aliphatic carbocycles. The van der Waals surface area contributed by atoms with E-state index in [1.165, 1.54) is 6.92 Å². The van der Waals surface area contributed by atoms with Gasteiger partial charge in [0.2, 0.25) is 0 Å². The van der Waals surface area contributed by atoms with Crippen molar-refractivity contribution in [1.82, 2.24) is 5.06 Å². The number of carbonyl (C=O) groups excluding carboxylic acids is 1. The van der Waals surface area contributed by atoms with Crippen molar-refractivity contribution in [2.45, 2.75) is 26.1 Å². The van der Waals surface area contributed by atoms with Crippen LogP contribution in [0.4, 0.5) is 0 Å². The van der Waals surface area contributed by atoms with Gasteiger partial charge in [-0.3, -0.25) is 4.84 Å². The van der Waals surface area contributed by atoms with Gasteiger partial charge in [0.05, 0.1) is 5.97 Å². The van der Waals surface area contributed by atoms with Crippen LogP contribution in [-0.4, -0.2) is 17.1 Å². The molecule has 0 bridgehead atoms. The number of hydroxylamine groups is 2. The van der Waals surface area contributed by atoms with E-state index in [-0.39, 0.29) is 0 Å². The van der Waals surface area contributed by atoms with E-state index in [0.717, 1.165) is 11.1 Å². The summed E-state index contributed by atoms with van der Waals surface area (Å²) in [6.07, 6.45) is -0.988. The van der Waals surface area contributed by atoms with Crippen molar-refractivity contribution in [2.75, 3.05) is 0 Å². The fourth-order valence-electron chi connectivity index (χ4n) is 1.97. The van der Waals surface area contributed by atoms with Crippen molar-refractivity contribution in [1.29, 1.82) is 0 Å². The van der Waals surface area contributed by atoms with Gasteiger partial charge in [0.25, 0.3) is 0 Å². The smallest absolute Gasteiger partial charge is 0.116 e. The first-order chi connectivity index (χ1) is 10.1. The van der Waals surface area contributed by atoms with E-state index < -0.39 is 12.1 Å². The molecule has 0 saturated carbocycles. The van der Waals surface area contributed by atoms with E-state index in [1.807, 2.05) is 60.7 Å². The second-order valence-electron chi connectivity index (χ2n) is 4.84. The summed E-state index contributed by atoms with van der Waals surface area (Å²) in [6.45, 7) is 2.49. The lowest BCUT2D eigenvalue weighted by Crippen LogP contribution is -2.40. The number of carboxylic acid groups (broad SMARTS) is 1. The Morgan fingerprint density at radius 1 is 1.00 bits per heavy atom. The molecule has 1 atom stereocenters. The molecule has 0 N–H and O–H groups in total. The van der Waals surface area contributed by atoms with Gasteiger partial charge in [0.15, 0.2) is 0 Å². The van der Waals surface area contributed by atoms with Gasteiger partial charge in [0.1, 0.15) is 6.10 Å². The molecular formula is C17H18NO3-. The Labute approximate surface area is 124 Å². The number of hydrogen-bond donors (Lipinski definition) is 0. The maximum Gasteiger partial charge on any atom is 0.116 e. The predicted molar refractivity (Wildman–Crippen MR) is 77.7 cm³/mol. The molecule has 110 valence electrons. The zero-order chi connectivity index (χ0) is 15.1. The number of nitrogens with zero attached hydrogens (tertiary/aromatic N) is 1. The van der Waals surface area contributed by atoms with Gasteiger partial charge in [-0.2, -0.15) is 5.06 Å². The predicted octanol–water partition coefficient (Wildman–Crippen LogP) is 1.76. The average molecular weight is 284 g/mol. The zero-order valence-corrected chi connectivity index (χ0v) is 11.9. The van der Waals surface area contributed by atoms with Crippen LogP contribution < -0.4 is 5.11 Å². The summed E-state index contributed by atoms with van der Waals surface area (Å²) in [5.74, 6) is -1.22. The van der Waals surface area contributed by atoms with Gasteiger partial charge < -0.3 is 9.90 Å². The highest BCUT2D eigenvalue weighted by atomic mass is 16.7. The SMILES string of the molecule is CC(ON(Cc1ccccc1)Cc1ccccc1)C(=O)[O-]. The van der Waals surface area contributed by atoms with E-state index in [2.05, 4.69) is 0 Å². The fraction of sp³-hybridized carbons (Fsp3) is 0.235. The maximum atomic E-state index is 10.9. The molecule has 0 fully saturated rings. The molecule has 21 heavy (non-hydrogen) atoms. The molecule has 2 aromatic carbocycles. The van der Waals surface area contributed by atoms with Crippen molar-refractivity contribution < 1.29 is 14.7 Å². The zero-order valence-electron chi connectivity index (χ0n) is 11.9. The molecule has 0 aliphatic rings. The number of aliphatic carboxylic acids is 1. The van der Waals surface area contributed by atoms with E-state index in [4.69, 9.17) is 4.84 Å². The third-order valence-corrected chi connectivity index (χ3v) is 3.04. The largest absolute Gasteiger partial charge is 0.547 e. The van der Waals surface area contributed by atoms with Gasteiger partial charge in [-0.25, -0.2) is 0 Å². The summed E-state index contributed by atoms with van der Waals surface area (Å²) >= 11 is 0. The third-order valence-electron chi connectivity index (χ3n) is 3.04. The van der Waals surface area contributed by atoms with Crippen LogP contribution in [-0.2, 0) is 22.7 Å². The van der Waals surface area contributed by atoms with Crippen molar-refractivity contribution in [3.8, 4) is 0 Å². The molecule has 4 nitrogen and oxygen atoms in total. The Morgan fingerprint density at radius 2 is 1.43 bits per heavy atom. The Morgan fingerprint density at radius 3 is 1.81 bits per heavy atom. The second-order valence-corrected chi connectivity index (χ2v) is 4.84. The minimum Gasteiger partial charge on any atom is -0.547 e. The van der Waals surface area contributed by atoms with Gasteiger partial charge in [0, 0.05) is 13.1 Å². The first kappa shape index (κ1) is 15.2. The highest BCUT2D eigenvalue weighted by Gasteiger charge is 2.13. The van der Waals surface area contributed by atoms with E-state index in [0.29, 0.717) is 13.1 Å². The second kappa shape index (κ2) is 7.57.